The van der Waals surface area contributed by atoms with Gasteiger partial charge in [0.15, 0.2) is 0 Å². The molecule has 1 aromatic heterocycles. The van der Waals surface area contributed by atoms with Crippen molar-refractivity contribution in [1.82, 2.24) is 15.2 Å². The normalized spacial score (nSPS) is 13.8. The molecule has 32 heavy (non-hydrogen) atoms. The van der Waals surface area contributed by atoms with Crippen LogP contribution < -0.4 is 5.32 Å². The first-order valence-electron chi connectivity index (χ1n) is 9.72. The number of amides is 2. The molecule has 0 atom stereocenters. The van der Waals surface area contributed by atoms with Crippen molar-refractivity contribution >= 4 is 35.2 Å². The fraction of sp³-hybridized carbons (Fsp3) is 0.333. The molecule has 1 aliphatic heterocycles. The number of aromatic nitrogens is 1. The van der Waals surface area contributed by atoms with E-state index >= 15 is 0 Å². The standard InChI is InChI=1S/C21H20F3N3O4S/c22-21(23,24)14-4-1-13(2-5-14)3-6-17(28)25-11-19(29)27-10-9-15-16(12-27)32-18(26-15)7-8-20(30)31/h1-6H,7-12H2,(H,25,28)(H,30,31)/b6-3+. The number of halogens is 3. The molecule has 0 radical (unpaired) electrons. The van der Waals surface area contributed by atoms with Gasteiger partial charge in [0.25, 0.3) is 0 Å². The van der Waals surface area contributed by atoms with Crippen molar-refractivity contribution in [3.05, 3.63) is 57.0 Å². The van der Waals surface area contributed by atoms with Crippen LogP contribution in [0.3, 0.4) is 0 Å². The van der Waals surface area contributed by atoms with Gasteiger partial charge in [0.1, 0.15) is 0 Å². The lowest BCUT2D eigenvalue weighted by atomic mass is 10.1. The third-order valence-corrected chi connectivity index (χ3v) is 5.90. The largest absolute Gasteiger partial charge is 0.481 e. The molecule has 2 aromatic rings. The number of fused-ring (bicyclic) bond motifs is 1. The summed E-state index contributed by atoms with van der Waals surface area (Å²) in [7, 11) is 0. The number of aliphatic carboxylic acids is 1. The van der Waals surface area contributed by atoms with Crippen molar-refractivity contribution in [2.75, 3.05) is 13.1 Å². The van der Waals surface area contributed by atoms with E-state index in [0.29, 0.717) is 31.5 Å². The van der Waals surface area contributed by atoms with Gasteiger partial charge in [-0.3, -0.25) is 14.4 Å². The highest BCUT2D eigenvalue weighted by Crippen LogP contribution is 2.29. The Balaban J connectivity index is 1.48. The van der Waals surface area contributed by atoms with Crippen LogP contribution in [0.1, 0.15) is 33.1 Å². The first-order chi connectivity index (χ1) is 15.1. The van der Waals surface area contributed by atoms with Crippen LogP contribution in [-0.4, -0.2) is 45.9 Å². The Hall–Kier alpha value is -3.21. The van der Waals surface area contributed by atoms with Crippen LogP contribution in [0.15, 0.2) is 30.3 Å². The topological polar surface area (TPSA) is 99.6 Å². The fourth-order valence-corrected chi connectivity index (χ4v) is 4.20. The van der Waals surface area contributed by atoms with E-state index in [9.17, 15) is 27.6 Å². The van der Waals surface area contributed by atoms with Gasteiger partial charge in [-0.25, -0.2) is 4.98 Å². The SMILES string of the molecule is O=C(O)CCc1nc2c(s1)CN(C(=O)CNC(=O)/C=C/c1ccc(C(F)(F)F)cc1)CC2. The zero-order valence-corrected chi connectivity index (χ0v) is 17.6. The minimum absolute atomic E-state index is 0.00105. The average molecular weight is 467 g/mol. The van der Waals surface area contributed by atoms with Crippen molar-refractivity contribution in [3.8, 4) is 0 Å². The molecule has 2 heterocycles. The quantitative estimate of drug-likeness (QED) is 0.610. The summed E-state index contributed by atoms with van der Waals surface area (Å²) in [4.78, 5) is 42.0. The van der Waals surface area contributed by atoms with Crippen LogP contribution in [-0.2, 0) is 39.9 Å². The number of carboxylic acids is 1. The minimum Gasteiger partial charge on any atom is -0.481 e. The molecule has 0 unspecified atom stereocenters. The summed E-state index contributed by atoms with van der Waals surface area (Å²) in [6.45, 7) is 0.595. The Morgan fingerprint density at radius 1 is 1.22 bits per heavy atom. The fourth-order valence-electron chi connectivity index (χ4n) is 3.07. The zero-order valence-electron chi connectivity index (χ0n) is 16.8. The first kappa shape index (κ1) is 23.5. The molecule has 0 saturated heterocycles. The van der Waals surface area contributed by atoms with E-state index < -0.39 is 23.6 Å². The number of benzene rings is 1. The number of thiazole rings is 1. The van der Waals surface area contributed by atoms with Gasteiger partial charge in [-0.15, -0.1) is 11.3 Å². The monoisotopic (exact) mass is 467 g/mol. The maximum Gasteiger partial charge on any atom is 0.416 e. The van der Waals surface area contributed by atoms with E-state index in [1.54, 1.807) is 4.90 Å². The summed E-state index contributed by atoms with van der Waals surface area (Å²) >= 11 is 1.39. The second-order valence-corrected chi connectivity index (χ2v) is 8.28. The zero-order chi connectivity index (χ0) is 23.3. The molecule has 1 aliphatic rings. The summed E-state index contributed by atoms with van der Waals surface area (Å²) in [6, 6.07) is 4.36. The van der Waals surface area contributed by atoms with Crippen LogP contribution in [0, 0.1) is 0 Å². The smallest absolute Gasteiger partial charge is 0.416 e. The number of aryl methyl sites for hydroxylation is 1. The number of nitrogens with one attached hydrogen (secondary N) is 1. The van der Waals surface area contributed by atoms with Crippen LogP contribution in [0.5, 0.6) is 0 Å². The van der Waals surface area contributed by atoms with E-state index in [0.717, 1.165) is 33.8 Å². The minimum atomic E-state index is -4.42. The molecule has 2 amide bonds. The highest BCUT2D eigenvalue weighted by molar-refractivity contribution is 7.11. The highest BCUT2D eigenvalue weighted by Gasteiger charge is 2.29. The molecular weight excluding hydrogens is 447 g/mol. The molecule has 2 N–H and O–H groups in total. The summed E-state index contributed by atoms with van der Waals surface area (Å²) in [5.74, 6) is -1.70. The summed E-state index contributed by atoms with van der Waals surface area (Å²) in [5.41, 5.74) is 0.527. The summed E-state index contributed by atoms with van der Waals surface area (Å²) in [5, 5.41) is 12.0. The van der Waals surface area contributed by atoms with Gasteiger partial charge >= 0.3 is 12.1 Å². The molecule has 170 valence electrons. The average Bonchev–Trinajstić information content (AvgIpc) is 3.16. The molecule has 11 heteroatoms. The Morgan fingerprint density at radius 3 is 2.59 bits per heavy atom. The van der Waals surface area contributed by atoms with Crippen LogP contribution >= 0.6 is 11.3 Å². The molecule has 0 saturated carbocycles. The van der Waals surface area contributed by atoms with Crippen molar-refractivity contribution in [3.63, 3.8) is 0 Å². The number of hydrogen-bond acceptors (Lipinski definition) is 5. The van der Waals surface area contributed by atoms with Gasteiger partial charge in [-0.05, 0) is 23.8 Å². The summed E-state index contributed by atoms with van der Waals surface area (Å²) in [6.07, 6.45) is -0.991. The van der Waals surface area contributed by atoms with E-state index in [4.69, 9.17) is 5.11 Å². The lowest BCUT2D eigenvalue weighted by Crippen LogP contribution is -2.42. The van der Waals surface area contributed by atoms with Gasteiger partial charge in [0, 0.05) is 30.3 Å². The molecule has 0 spiro atoms. The number of carbonyl (C=O) groups is 3. The van der Waals surface area contributed by atoms with Crippen molar-refractivity contribution < 1.29 is 32.7 Å². The Labute approximate surface area is 185 Å². The second-order valence-electron chi connectivity index (χ2n) is 7.11. The van der Waals surface area contributed by atoms with Crippen LogP contribution in [0.4, 0.5) is 13.2 Å². The molecule has 1 aromatic carbocycles. The van der Waals surface area contributed by atoms with E-state index in [2.05, 4.69) is 10.3 Å². The molecule has 7 nitrogen and oxygen atoms in total. The Bertz CT molecular complexity index is 1030. The number of hydrogen-bond donors (Lipinski definition) is 2. The Kier molecular flexibility index (Phi) is 7.29. The predicted molar refractivity (Wildman–Crippen MR) is 111 cm³/mol. The number of carbonyl (C=O) groups excluding carboxylic acids is 2. The number of rotatable bonds is 7. The van der Waals surface area contributed by atoms with Gasteiger partial charge in [0.2, 0.25) is 11.8 Å². The van der Waals surface area contributed by atoms with Gasteiger partial charge in [0.05, 0.1) is 35.8 Å². The molecule has 3 rings (SSSR count). The lowest BCUT2D eigenvalue weighted by molar-refractivity contribution is -0.138. The van der Waals surface area contributed by atoms with Gasteiger partial charge in [-0.2, -0.15) is 13.2 Å². The third kappa shape index (κ3) is 6.39. The van der Waals surface area contributed by atoms with Crippen molar-refractivity contribution in [2.45, 2.75) is 32.0 Å². The predicted octanol–water partition coefficient (Wildman–Crippen LogP) is 2.89. The van der Waals surface area contributed by atoms with Crippen LogP contribution in [0.2, 0.25) is 0 Å². The second kappa shape index (κ2) is 9.94. The molecule has 0 aliphatic carbocycles. The first-order valence-corrected chi connectivity index (χ1v) is 10.5. The summed E-state index contributed by atoms with van der Waals surface area (Å²) < 4.78 is 37.7. The van der Waals surface area contributed by atoms with Gasteiger partial charge < -0.3 is 15.3 Å². The van der Waals surface area contributed by atoms with E-state index in [1.165, 1.54) is 29.5 Å². The Morgan fingerprint density at radius 2 is 1.94 bits per heavy atom. The lowest BCUT2D eigenvalue weighted by Gasteiger charge is -2.26. The highest BCUT2D eigenvalue weighted by atomic mass is 32.1. The number of carboxylic acid groups (broad SMARTS) is 1. The van der Waals surface area contributed by atoms with E-state index in [-0.39, 0.29) is 18.9 Å². The molecule has 0 bridgehead atoms. The molecular formula is C21H20F3N3O4S. The van der Waals surface area contributed by atoms with Crippen LogP contribution in [0.25, 0.3) is 6.08 Å². The van der Waals surface area contributed by atoms with Crippen molar-refractivity contribution in [1.29, 1.82) is 0 Å². The number of nitrogens with zero attached hydrogens (tertiary/aromatic N) is 2. The maximum atomic E-state index is 12.6. The molecule has 0 fully saturated rings. The van der Waals surface area contributed by atoms with Gasteiger partial charge in [-0.1, -0.05) is 12.1 Å². The van der Waals surface area contributed by atoms with E-state index in [1.807, 2.05) is 0 Å². The third-order valence-electron chi connectivity index (χ3n) is 4.76. The maximum absolute atomic E-state index is 12.6. The number of alkyl halides is 3. The van der Waals surface area contributed by atoms with Crippen molar-refractivity contribution in [2.24, 2.45) is 0 Å².